The molecule has 0 bridgehead atoms. The topological polar surface area (TPSA) is 56.7 Å². The van der Waals surface area contributed by atoms with Crippen LogP contribution < -0.4 is 5.73 Å². The average molecular weight is 166 g/mol. The second-order valence-electron chi connectivity index (χ2n) is 3.24. The molecule has 0 fully saturated rings. The zero-order valence-corrected chi connectivity index (χ0v) is 7.32. The van der Waals surface area contributed by atoms with Crippen LogP contribution in [0, 0.1) is 0 Å². The van der Waals surface area contributed by atoms with Crippen molar-refractivity contribution in [3.05, 3.63) is 11.6 Å². The van der Waals surface area contributed by atoms with Gasteiger partial charge in [-0.1, -0.05) is 6.92 Å². The van der Waals surface area contributed by atoms with Gasteiger partial charge in [-0.15, -0.1) is 10.2 Å². The first-order chi connectivity index (χ1) is 5.83. The summed E-state index contributed by atoms with van der Waals surface area (Å²) in [5.41, 5.74) is 5.89. The average Bonchev–Trinajstić information content (AvgIpc) is 2.62. The Hall–Kier alpha value is -0.900. The molecule has 0 radical (unpaired) electrons. The van der Waals surface area contributed by atoms with Crippen LogP contribution in [0.15, 0.2) is 0 Å². The predicted octanol–water partition coefficient (Wildman–Crippen LogP) is 0.634. The lowest BCUT2D eigenvalue weighted by atomic mass is 10.2. The molecular formula is C8H14N4. The molecule has 0 amide bonds. The maximum absolute atomic E-state index is 5.89. The molecule has 2 rings (SSSR count). The van der Waals surface area contributed by atoms with E-state index in [0.29, 0.717) is 0 Å². The Balaban J connectivity index is 2.33. The third-order valence-corrected chi connectivity index (χ3v) is 2.41. The summed E-state index contributed by atoms with van der Waals surface area (Å²) in [5.74, 6) is 2.07. The molecule has 1 atom stereocenters. The van der Waals surface area contributed by atoms with Crippen LogP contribution in [0.25, 0.3) is 0 Å². The summed E-state index contributed by atoms with van der Waals surface area (Å²) in [4.78, 5) is 0. The summed E-state index contributed by atoms with van der Waals surface area (Å²) in [6.45, 7) is 3.12. The SMILES string of the molecule is CCC(N)c1nnc2n1CCC2. The zero-order chi connectivity index (χ0) is 8.55. The van der Waals surface area contributed by atoms with E-state index < -0.39 is 0 Å². The molecule has 2 heterocycles. The van der Waals surface area contributed by atoms with Gasteiger partial charge in [0.15, 0.2) is 0 Å². The molecule has 4 heteroatoms. The Labute approximate surface area is 71.8 Å². The van der Waals surface area contributed by atoms with Crippen molar-refractivity contribution in [2.45, 2.75) is 38.8 Å². The van der Waals surface area contributed by atoms with Crippen LogP contribution in [0.5, 0.6) is 0 Å². The van der Waals surface area contributed by atoms with E-state index in [-0.39, 0.29) is 6.04 Å². The summed E-state index contributed by atoms with van der Waals surface area (Å²) in [6.07, 6.45) is 3.18. The van der Waals surface area contributed by atoms with E-state index in [1.54, 1.807) is 0 Å². The summed E-state index contributed by atoms with van der Waals surface area (Å²) in [6, 6.07) is 0.0596. The van der Waals surface area contributed by atoms with E-state index in [0.717, 1.165) is 31.0 Å². The second-order valence-corrected chi connectivity index (χ2v) is 3.24. The van der Waals surface area contributed by atoms with Gasteiger partial charge in [-0.05, 0) is 12.8 Å². The van der Waals surface area contributed by atoms with E-state index in [4.69, 9.17) is 5.73 Å². The Morgan fingerprint density at radius 3 is 3.17 bits per heavy atom. The van der Waals surface area contributed by atoms with Crippen LogP contribution in [-0.2, 0) is 13.0 Å². The summed E-state index contributed by atoms with van der Waals surface area (Å²) >= 11 is 0. The van der Waals surface area contributed by atoms with Gasteiger partial charge in [0, 0.05) is 13.0 Å². The molecule has 66 valence electrons. The maximum Gasteiger partial charge on any atom is 0.149 e. The lowest BCUT2D eigenvalue weighted by molar-refractivity contribution is 0.586. The minimum absolute atomic E-state index is 0.0596. The van der Waals surface area contributed by atoms with E-state index in [9.17, 15) is 0 Å². The molecule has 1 unspecified atom stereocenters. The Bertz CT molecular complexity index is 279. The van der Waals surface area contributed by atoms with Crippen LogP contribution in [0.4, 0.5) is 0 Å². The van der Waals surface area contributed by atoms with Crippen LogP contribution in [0.2, 0.25) is 0 Å². The number of hydrogen-bond acceptors (Lipinski definition) is 3. The van der Waals surface area contributed by atoms with Gasteiger partial charge in [-0.2, -0.15) is 0 Å². The van der Waals surface area contributed by atoms with E-state index in [1.807, 2.05) is 0 Å². The predicted molar refractivity (Wildman–Crippen MR) is 45.6 cm³/mol. The van der Waals surface area contributed by atoms with E-state index >= 15 is 0 Å². The molecular weight excluding hydrogens is 152 g/mol. The molecule has 4 nitrogen and oxygen atoms in total. The standard InChI is InChI=1S/C8H14N4/c1-2-6(9)8-11-10-7-4-3-5-12(7)8/h6H,2-5,9H2,1H3. The number of rotatable bonds is 2. The van der Waals surface area contributed by atoms with Gasteiger partial charge in [-0.25, -0.2) is 0 Å². The molecule has 1 aromatic rings. The van der Waals surface area contributed by atoms with Crippen molar-refractivity contribution >= 4 is 0 Å². The van der Waals surface area contributed by atoms with Crippen LogP contribution in [-0.4, -0.2) is 14.8 Å². The minimum Gasteiger partial charge on any atom is -0.321 e. The quantitative estimate of drug-likeness (QED) is 0.701. The monoisotopic (exact) mass is 166 g/mol. The molecule has 1 aliphatic heterocycles. The largest absolute Gasteiger partial charge is 0.321 e. The van der Waals surface area contributed by atoms with Crippen molar-refractivity contribution in [2.24, 2.45) is 5.73 Å². The molecule has 2 N–H and O–H groups in total. The molecule has 0 aliphatic carbocycles. The molecule has 0 aromatic carbocycles. The number of fused-ring (bicyclic) bond motifs is 1. The lowest BCUT2D eigenvalue weighted by Gasteiger charge is -2.07. The summed E-state index contributed by atoms with van der Waals surface area (Å²) in [7, 11) is 0. The van der Waals surface area contributed by atoms with Gasteiger partial charge in [0.1, 0.15) is 11.6 Å². The Morgan fingerprint density at radius 1 is 1.58 bits per heavy atom. The third-order valence-electron chi connectivity index (χ3n) is 2.41. The van der Waals surface area contributed by atoms with Gasteiger partial charge < -0.3 is 10.3 Å². The maximum atomic E-state index is 5.89. The van der Waals surface area contributed by atoms with Crippen molar-refractivity contribution in [1.82, 2.24) is 14.8 Å². The fraction of sp³-hybridized carbons (Fsp3) is 0.750. The number of aromatic nitrogens is 3. The summed E-state index contributed by atoms with van der Waals surface area (Å²) in [5, 5.41) is 8.20. The summed E-state index contributed by atoms with van der Waals surface area (Å²) < 4.78 is 2.16. The van der Waals surface area contributed by atoms with Crippen molar-refractivity contribution in [3.63, 3.8) is 0 Å². The smallest absolute Gasteiger partial charge is 0.149 e. The van der Waals surface area contributed by atoms with Gasteiger partial charge >= 0.3 is 0 Å². The van der Waals surface area contributed by atoms with Crippen molar-refractivity contribution in [3.8, 4) is 0 Å². The highest BCUT2D eigenvalue weighted by atomic mass is 15.3. The molecule has 0 saturated heterocycles. The van der Waals surface area contributed by atoms with E-state index in [1.165, 1.54) is 6.42 Å². The highest BCUT2D eigenvalue weighted by Gasteiger charge is 2.20. The molecule has 1 aromatic heterocycles. The Kier molecular flexibility index (Phi) is 1.84. The van der Waals surface area contributed by atoms with E-state index in [2.05, 4.69) is 21.7 Å². The number of nitrogens with zero attached hydrogens (tertiary/aromatic N) is 3. The first kappa shape index (κ1) is 7.73. The number of hydrogen-bond donors (Lipinski definition) is 1. The van der Waals surface area contributed by atoms with Crippen molar-refractivity contribution in [1.29, 1.82) is 0 Å². The third kappa shape index (κ3) is 1.03. The number of nitrogens with two attached hydrogens (primary N) is 1. The van der Waals surface area contributed by atoms with Crippen molar-refractivity contribution in [2.75, 3.05) is 0 Å². The normalized spacial score (nSPS) is 17.8. The highest BCUT2D eigenvalue weighted by molar-refractivity contribution is 5.03. The lowest BCUT2D eigenvalue weighted by Crippen LogP contribution is -2.15. The van der Waals surface area contributed by atoms with Crippen molar-refractivity contribution < 1.29 is 0 Å². The van der Waals surface area contributed by atoms with Crippen LogP contribution in [0.3, 0.4) is 0 Å². The van der Waals surface area contributed by atoms with Gasteiger partial charge in [0.25, 0.3) is 0 Å². The first-order valence-electron chi connectivity index (χ1n) is 4.50. The van der Waals surface area contributed by atoms with Gasteiger partial charge in [0.05, 0.1) is 6.04 Å². The fourth-order valence-electron chi connectivity index (χ4n) is 1.63. The highest BCUT2D eigenvalue weighted by Crippen LogP contribution is 2.18. The molecule has 0 spiro atoms. The first-order valence-corrected chi connectivity index (χ1v) is 4.50. The van der Waals surface area contributed by atoms with Gasteiger partial charge in [-0.3, -0.25) is 0 Å². The van der Waals surface area contributed by atoms with Crippen LogP contribution >= 0.6 is 0 Å². The fourth-order valence-corrected chi connectivity index (χ4v) is 1.63. The number of aryl methyl sites for hydroxylation is 1. The second kappa shape index (κ2) is 2.86. The van der Waals surface area contributed by atoms with Crippen LogP contribution in [0.1, 0.15) is 37.5 Å². The minimum atomic E-state index is 0.0596. The molecule has 0 saturated carbocycles. The van der Waals surface area contributed by atoms with Gasteiger partial charge in [0.2, 0.25) is 0 Å². The molecule has 1 aliphatic rings. The Morgan fingerprint density at radius 2 is 2.42 bits per heavy atom. The zero-order valence-electron chi connectivity index (χ0n) is 7.32. The molecule has 12 heavy (non-hydrogen) atoms.